The summed E-state index contributed by atoms with van der Waals surface area (Å²) in [5.74, 6) is 0.260. The summed E-state index contributed by atoms with van der Waals surface area (Å²) in [4.78, 5) is 26.5. The lowest BCUT2D eigenvalue weighted by molar-refractivity contribution is 0.102. The van der Waals surface area contributed by atoms with Crippen molar-refractivity contribution >= 4 is 50.2 Å². The molecule has 1 saturated heterocycles. The van der Waals surface area contributed by atoms with E-state index < -0.39 is 15.9 Å². The number of hydrogen-bond acceptors (Lipinski definition) is 9. The summed E-state index contributed by atoms with van der Waals surface area (Å²) in [5, 5.41) is 9.74. The molecule has 0 saturated carbocycles. The normalized spacial score (nSPS) is 13.9. The Bertz CT molecular complexity index is 2030. The van der Waals surface area contributed by atoms with E-state index in [1.54, 1.807) is 18.2 Å². The van der Waals surface area contributed by atoms with Crippen LogP contribution in [0.25, 0.3) is 11.3 Å². The quantitative estimate of drug-likeness (QED) is 0.168. The highest BCUT2D eigenvalue weighted by molar-refractivity contribution is 7.89. The van der Waals surface area contributed by atoms with Gasteiger partial charge in [-0.2, -0.15) is 4.31 Å². The summed E-state index contributed by atoms with van der Waals surface area (Å²) >= 11 is 0. The van der Waals surface area contributed by atoms with Crippen LogP contribution < -0.4 is 20.9 Å². The Balaban J connectivity index is 1.17. The molecule has 3 N–H and O–H groups in total. The molecule has 11 nitrogen and oxygen atoms in total. The standard InChI is InChI=1S/C36H38N8O3S/c1-42(2)30-13-8-12-29(23-30)40-35-24-34(37-25-38-35)32-15-4-5-16-33(32)39-27-10-7-11-28(22-27)41-36(45)26-9-6-14-31(21-26)48(46,47)44-19-17-43(3)18-20-44/h4-16,21-25,39H,17-20H2,1-3H3,(H,41,45)(H,37,38,40). The minimum atomic E-state index is -3.70. The molecule has 0 unspecified atom stereocenters. The maximum atomic E-state index is 13.3. The van der Waals surface area contributed by atoms with Gasteiger partial charge in [0.2, 0.25) is 10.0 Å². The largest absolute Gasteiger partial charge is 0.378 e. The highest BCUT2D eigenvalue weighted by Gasteiger charge is 2.28. The molecular formula is C36H38N8O3S. The number of likely N-dealkylation sites (N-methyl/N-ethyl adjacent to an activating group) is 1. The maximum absolute atomic E-state index is 13.3. The highest BCUT2D eigenvalue weighted by atomic mass is 32.2. The van der Waals surface area contributed by atoms with Crippen molar-refractivity contribution in [2.45, 2.75) is 4.90 Å². The molecule has 1 aliphatic rings. The van der Waals surface area contributed by atoms with Gasteiger partial charge in [-0.15, -0.1) is 0 Å². The van der Waals surface area contributed by atoms with Crippen LogP contribution in [0.2, 0.25) is 0 Å². The fraction of sp³-hybridized carbons (Fsp3) is 0.194. The number of amides is 1. The van der Waals surface area contributed by atoms with Gasteiger partial charge in [-0.1, -0.05) is 36.4 Å². The summed E-state index contributed by atoms with van der Waals surface area (Å²) in [6.45, 7) is 2.16. The molecule has 2 heterocycles. The average Bonchev–Trinajstić information content (AvgIpc) is 3.09. The summed E-state index contributed by atoms with van der Waals surface area (Å²) in [6.07, 6.45) is 1.53. The number of benzene rings is 4. The molecule has 5 aromatic rings. The Morgan fingerprint density at radius 2 is 1.46 bits per heavy atom. The molecule has 0 atom stereocenters. The van der Waals surface area contributed by atoms with Crippen molar-refractivity contribution in [3.63, 3.8) is 0 Å². The fourth-order valence-electron chi connectivity index (χ4n) is 5.41. The van der Waals surface area contributed by atoms with E-state index in [4.69, 9.17) is 0 Å². The van der Waals surface area contributed by atoms with Crippen molar-refractivity contribution in [1.29, 1.82) is 0 Å². The first kappa shape index (κ1) is 32.6. The minimum absolute atomic E-state index is 0.108. The van der Waals surface area contributed by atoms with Crippen LogP contribution in [0.15, 0.2) is 114 Å². The second kappa shape index (κ2) is 14.2. The van der Waals surface area contributed by atoms with Gasteiger partial charge in [-0.05, 0) is 67.7 Å². The number of rotatable bonds is 10. The number of carbonyl (C=O) groups excluding carboxylic acids is 1. The van der Waals surface area contributed by atoms with Gasteiger partial charge in [-0.3, -0.25) is 4.79 Å². The van der Waals surface area contributed by atoms with Crippen molar-refractivity contribution in [2.75, 3.05) is 68.2 Å². The van der Waals surface area contributed by atoms with Gasteiger partial charge in [0.15, 0.2) is 0 Å². The fourth-order valence-corrected chi connectivity index (χ4v) is 6.88. The van der Waals surface area contributed by atoms with Crippen molar-refractivity contribution in [2.24, 2.45) is 0 Å². The van der Waals surface area contributed by atoms with Crippen LogP contribution in [0, 0.1) is 0 Å². The Hall–Kier alpha value is -5.30. The number of piperazine rings is 1. The van der Waals surface area contributed by atoms with E-state index in [-0.39, 0.29) is 10.5 Å². The number of carbonyl (C=O) groups is 1. The van der Waals surface area contributed by atoms with Crippen LogP contribution in [0.5, 0.6) is 0 Å². The highest BCUT2D eigenvalue weighted by Crippen LogP contribution is 2.31. The van der Waals surface area contributed by atoms with Crippen LogP contribution in [0.4, 0.5) is 34.3 Å². The van der Waals surface area contributed by atoms with Gasteiger partial charge >= 0.3 is 0 Å². The Labute approximate surface area is 281 Å². The number of para-hydroxylation sites is 1. The summed E-state index contributed by atoms with van der Waals surface area (Å²) in [5.41, 5.74) is 5.98. The second-order valence-corrected chi connectivity index (χ2v) is 13.7. The summed E-state index contributed by atoms with van der Waals surface area (Å²) < 4.78 is 28.0. The lowest BCUT2D eigenvalue weighted by atomic mass is 10.1. The Morgan fingerprint density at radius 3 is 2.25 bits per heavy atom. The van der Waals surface area contributed by atoms with Crippen molar-refractivity contribution < 1.29 is 13.2 Å². The first-order chi connectivity index (χ1) is 23.2. The zero-order chi connectivity index (χ0) is 33.7. The van der Waals surface area contributed by atoms with Crippen LogP contribution in [-0.4, -0.2) is 80.8 Å². The molecule has 0 aliphatic carbocycles. The van der Waals surface area contributed by atoms with E-state index in [1.165, 1.54) is 22.8 Å². The van der Waals surface area contributed by atoms with E-state index in [2.05, 4.69) is 36.9 Å². The van der Waals surface area contributed by atoms with Gasteiger partial charge in [0.05, 0.1) is 10.6 Å². The van der Waals surface area contributed by atoms with Crippen LogP contribution >= 0.6 is 0 Å². The number of aromatic nitrogens is 2. The number of hydrogen-bond donors (Lipinski definition) is 3. The van der Waals surface area contributed by atoms with Crippen molar-refractivity contribution in [3.8, 4) is 11.3 Å². The molecule has 0 radical (unpaired) electrons. The number of anilines is 6. The molecule has 1 amide bonds. The maximum Gasteiger partial charge on any atom is 0.255 e. The molecule has 246 valence electrons. The summed E-state index contributed by atoms with van der Waals surface area (Å²) in [6, 6.07) is 31.3. The van der Waals surface area contributed by atoms with E-state index in [0.717, 1.165) is 34.0 Å². The smallest absolute Gasteiger partial charge is 0.255 e. The third kappa shape index (κ3) is 7.63. The van der Waals surface area contributed by atoms with Gasteiger partial charge in [0, 0.05) is 85.9 Å². The van der Waals surface area contributed by atoms with Crippen molar-refractivity contribution in [1.82, 2.24) is 19.2 Å². The van der Waals surface area contributed by atoms with Crippen LogP contribution in [-0.2, 0) is 10.0 Å². The molecule has 0 bridgehead atoms. The second-order valence-electron chi connectivity index (χ2n) is 11.8. The topological polar surface area (TPSA) is 123 Å². The van der Waals surface area contributed by atoms with Gasteiger partial charge < -0.3 is 25.8 Å². The van der Waals surface area contributed by atoms with E-state index in [1.807, 2.05) is 92.8 Å². The predicted molar refractivity (Wildman–Crippen MR) is 192 cm³/mol. The van der Waals surface area contributed by atoms with Crippen molar-refractivity contribution in [3.05, 3.63) is 115 Å². The molecule has 12 heteroatoms. The Morgan fingerprint density at radius 1 is 0.750 bits per heavy atom. The van der Waals surface area contributed by atoms with Crippen LogP contribution in [0.3, 0.4) is 0 Å². The first-order valence-electron chi connectivity index (χ1n) is 15.6. The van der Waals surface area contributed by atoms with Gasteiger partial charge in [-0.25, -0.2) is 18.4 Å². The third-order valence-electron chi connectivity index (χ3n) is 8.10. The molecule has 0 spiro atoms. The molecule has 4 aromatic carbocycles. The first-order valence-corrected chi connectivity index (χ1v) is 17.0. The lowest BCUT2D eigenvalue weighted by Gasteiger charge is -2.31. The number of nitrogens with zero attached hydrogens (tertiary/aromatic N) is 5. The monoisotopic (exact) mass is 662 g/mol. The molecule has 1 aromatic heterocycles. The van der Waals surface area contributed by atoms with E-state index >= 15 is 0 Å². The van der Waals surface area contributed by atoms with E-state index in [0.29, 0.717) is 37.7 Å². The van der Waals surface area contributed by atoms with E-state index in [9.17, 15) is 13.2 Å². The summed E-state index contributed by atoms with van der Waals surface area (Å²) in [7, 11) is 2.26. The zero-order valence-electron chi connectivity index (χ0n) is 27.1. The molecule has 6 rings (SSSR count). The minimum Gasteiger partial charge on any atom is -0.378 e. The molecule has 1 fully saturated rings. The number of sulfonamides is 1. The van der Waals surface area contributed by atoms with Gasteiger partial charge in [0.25, 0.3) is 5.91 Å². The molecule has 1 aliphatic heterocycles. The third-order valence-corrected chi connectivity index (χ3v) is 10.00. The predicted octanol–water partition coefficient (Wildman–Crippen LogP) is 5.89. The lowest BCUT2D eigenvalue weighted by Crippen LogP contribution is -2.47. The Kier molecular flexibility index (Phi) is 9.67. The number of nitrogens with one attached hydrogen (secondary N) is 3. The molecular weight excluding hydrogens is 625 g/mol. The molecule has 48 heavy (non-hydrogen) atoms. The SMILES string of the molecule is CN1CCN(S(=O)(=O)c2cccc(C(=O)Nc3cccc(Nc4ccccc4-c4cc(Nc5cccc(N(C)C)c5)ncn4)c3)c2)CC1. The average molecular weight is 663 g/mol. The van der Waals surface area contributed by atoms with Crippen LogP contribution in [0.1, 0.15) is 10.4 Å². The van der Waals surface area contributed by atoms with Gasteiger partial charge in [0.1, 0.15) is 12.1 Å². The zero-order valence-corrected chi connectivity index (χ0v) is 27.9.